The van der Waals surface area contributed by atoms with Crippen LogP contribution in [0.15, 0.2) is 18.2 Å². The molecule has 1 rings (SSSR count). The summed E-state index contributed by atoms with van der Waals surface area (Å²) in [5.41, 5.74) is 0.897. The summed E-state index contributed by atoms with van der Waals surface area (Å²) in [7, 11) is 0. The first-order chi connectivity index (χ1) is 7.17. The summed E-state index contributed by atoms with van der Waals surface area (Å²) in [6.45, 7) is 4.29. The maximum absolute atomic E-state index is 12.9. The van der Waals surface area contributed by atoms with Gasteiger partial charge in [0.1, 0.15) is 0 Å². The summed E-state index contributed by atoms with van der Waals surface area (Å²) in [6.07, 6.45) is 4.23. The monoisotopic (exact) mass is 212 g/mol. The van der Waals surface area contributed by atoms with Gasteiger partial charge in [0.2, 0.25) is 0 Å². The van der Waals surface area contributed by atoms with Gasteiger partial charge in [-0.15, -0.1) is 0 Å². The minimum atomic E-state index is -0.762. The molecule has 0 spiro atoms. The maximum Gasteiger partial charge on any atom is 0.159 e. The van der Waals surface area contributed by atoms with Gasteiger partial charge in [-0.25, -0.2) is 8.78 Å². The Balaban J connectivity index is 2.66. The van der Waals surface area contributed by atoms with Crippen LogP contribution < -0.4 is 0 Å². The highest BCUT2D eigenvalue weighted by atomic mass is 19.2. The molecule has 0 fully saturated rings. The first-order valence-corrected chi connectivity index (χ1v) is 5.61. The Bertz CT molecular complexity index is 307. The van der Waals surface area contributed by atoms with Crippen molar-refractivity contribution in [3.8, 4) is 0 Å². The summed E-state index contributed by atoms with van der Waals surface area (Å²) < 4.78 is 25.6. The first kappa shape index (κ1) is 12.2. The predicted octanol–water partition coefficient (Wildman–Crippen LogP) is 4.33. The van der Waals surface area contributed by atoms with Gasteiger partial charge in [-0.1, -0.05) is 39.2 Å². The van der Waals surface area contributed by atoms with Crippen molar-refractivity contribution in [2.45, 2.75) is 39.5 Å². The highest BCUT2D eigenvalue weighted by Gasteiger charge is 2.08. The molecule has 0 radical (unpaired) electrons. The van der Waals surface area contributed by atoms with Crippen LogP contribution in [0.1, 0.15) is 38.7 Å². The molecule has 0 aromatic heterocycles. The molecule has 0 saturated carbocycles. The molecule has 1 atom stereocenters. The third-order valence-corrected chi connectivity index (χ3v) is 2.78. The van der Waals surface area contributed by atoms with E-state index in [1.165, 1.54) is 12.1 Å². The first-order valence-electron chi connectivity index (χ1n) is 5.61. The van der Waals surface area contributed by atoms with Crippen molar-refractivity contribution < 1.29 is 8.78 Å². The van der Waals surface area contributed by atoms with Crippen LogP contribution in [0.3, 0.4) is 0 Å². The molecule has 1 aromatic carbocycles. The lowest BCUT2D eigenvalue weighted by Crippen LogP contribution is -2.03. The average Bonchev–Trinajstić information content (AvgIpc) is 2.23. The lowest BCUT2D eigenvalue weighted by molar-refractivity contribution is 0.458. The topological polar surface area (TPSA) is 0 Å². The highest BCUT2D eigenvalue weighted by molar-refractivity contribution is 5.18. The van der Waals surface area contributed by atoms with E-state index in [-0.39, 0.29) is 0 Å². The zero-order valence-corrected chi connectivity index (χ0v) is 9.39. The lowest BCUT2D eigenvalue weighted by atomic mass is 9.93. The lowest BCUT2D eigenvalue weighted by Gasteiger charge is -2.13. The summed E-state index contributed by atoms with van der Waals surface area (Å²) in [5, 5.41) is 0. The van der Waals surface area contributed by atoms with Crippen LogP contribution in [0.25, 0.3) is 0 Å². The smallest absolute Gasteiger partial charge is 0.159 e. The molecule has 1 unspecified atom stereocenters. The number of benzene rings is 1. The summed E-state index contributed by atoms with van der Waals surface area (Å²) >= 11 is 0. The van der Waals surface area contributed by atoms with E-state index in [4.69, 9.17) is 0 Å². The highest BCUT2D eigenvalue weighted by Crippen LogP contribution is 2.18. The molecule has 0 aliphatic carbocycles. The number of hydrogen-bond donors (Lipinski definition) is 0. The standard InChI is InChI=1S/C13H18F2/c1-3-5-10(4-2)8-11-6-7-12(14)13(15)9-11/h6-7,9-10H,3-5,8H2,1-2H3. The van der Waals surface area contributed by atoms with Crippen molar-refractivity contribution in [1.82, 2.24) is 0 Å². The Morgan fingerprint density at radius 1 is 1.13 bits per heavy atom. The van der Waals surface area contributed by atoms with Crippen LogP contribution in [0.4, 0.5) is 8.78 Å². The number of rotatable bonds is 5. The van der Waals surface area contributed by atoms with Gasteiger partial charge in [0.15, 0.2) is 11.6 Å². The molecule has 2 heteroatoms. The second-order valence-electron chi connectivity index (χ2n) is 4.02. The van der Waals surface area contributed by atoms with Gasteiger partial charge in [0.25, 0.3) is 0 Å². The minimum Gasteiger partial charge on any atom is -0.204 e. The molecule has 0 N–H and O–H groups in total. The second kappa shape index (κ2) is 5.84. The Kier molecular flexibility index (Phi) is 4.73. The molecule has 0 aliphatic rings. The van der Waals surface area contributed by atoms with Crippen LogP contribution in [0, 0.1) is 17.6 Å². The third kappa shape index (κ3) is 3.61. The van der Waals surface area contributed by atoms with Crippen LogP contribution in [-0.2, 0) is 6.42 Å². The van der Waals surface area contributed by atoms with Crippen molar-refractivity contribution >= 4 is 0 Å². The van der Waals surface area contributed by atoms with Crippen LogP contribution in [0.2, 0.25) is 0 Å². The molecular weight excluding hydrogens is 194 g/mol. The molecule has 15 heavy (non-hydrogen) atoms. The summed E-state index contributed by atoms with van der Waals surface area (Å²) in [6, 6.07) is 4.20. The third-order valence-electron chi connectivity index (χ3n) is 2.78. The van der Waals surface area contributed by atoms with Gasteiger partial charge >= 0.3 is 0 Å². The zero-order chi connectivity index (χ0) is 11.3. The molecular formula is C13H18F2. The molecule has 0 aliphatic heterocycles. The SMILES string of the molecule is CCCC(CC)Cc1ccc(F)c(F)c1. The van der Waals surface area contributed by atoms with Crippen molar-refractivity contribution in [2.75, 3.05) is 0 Å². The normalized spacial score (nSPS) is 12.8. The summed E-state index contributed by atoms with van der Waals surface area (Å²) in [4.78, 5) is 0. The zero-order valence-electron chi connectivity index (χ0n) is 9.39. The largest absolute Gasteiger partial charge is 0.204 e. The fraction of sp³-hybridized carbons (Fsp3) is 0.538. The van der Waals surface area contributed by atoms with E-state index in [1.807, 2.05) is 0 Å². The molecule has 0 bridgehead atoms. The van der Waals surface area contributed by atoms with Crippen LogP contribution >= 0.6 is 0 Å². The maximum atomic E-state index is 12.9. The van der Waals surface area contributed by atoms with Crippen molar-refractivity contribution in [2.24, 2.45) is 5.92 Å². The van der Waals surface area contributed by atoms with Crippen LogP contribution in [-0.4, -0.2) is 0 Å². The van der Waals surface area contributed by atoms with Gasteiger partial charge in [-0.05, 0) is 30.0 Å². The van der Waals surface area contributed by atoms with E-state index in [2.05, 4.69) is 13.8 Å². The van der Waals surface area contributed by atoms with Crippen LogP contribution in [0.5, 0.6) is 0 Å². The quantitative estimate of drug-likeness (QED) is 0.681. The number of hydrogen-bond acceptors (Lipinski definition) is 0. The number of halogens is 2. The molecule has 84 valence electrons. The van der Waals surface area contributed by atoms with Gasteiger partial charge in [0.05, 0.1) is 0 Å². The Labute approximate surface area is 90.3 Å². The Morgan fingerprint density at radius 2 is 1.87 bits per heavy atom. The fourth-order valence-corrected chi connectivity index (χ4v) is 1.86. The van der Waals surface area contributed by atoms with Crippen molar-refractivity contribution in [1.29, 1.82) is 0 Å². The van der Waals surface area contributed by atoms with E-state index < -0.39 is 11.6 Å². The van der Waals surface area contributed by atoms with Gasteiger partial charge in [-0.2, -0.15) is 0 Å². The van der Waals surface area contributed by atoms with E-state index in [9.17, 15) is 8.78 Å². The van der Waals surface area contributed by atoms with E-state index in [1.54, 1.807) is 6.07 Å². The predicted molar refractivity (Wildman–Crippen MR) is 58.8 cm³/mol. The van der Waals surface area contributed by atoms with E-state index >= 15 is 0 Å². The van der Waals surface area contributed by atoms with Crippen molar-refractivity contribution in [3.63, 3.8) is 0 Å². The van der Waals surface area contributed by atoms with Crippen molar-refractivity contribution in [3.05, 3.63) is 35.4 Å². The Hall–Kier alpha value is -0.920. The van der Waals surface area contributed by atoms with Gasteiger partial charge < -0.3 is 0 Å². The molecule has 0 amide bonds. The van der Waals surface area contributed by atoms with Gasteiger partial charge in [-0.3, -0.25) is 0 Å². The molecule has 0 nitrogen and oxygen atoms in total. The Morgan fingerprint density at radius 3 is 2.40 bits per heavy atom. The van der Waals surface area contributed by atoms with E-state index in [0.29, 0.717) is 5.92 Å². The second-order valence-corrected chi connectivity index (χ2v) is 4.02. The molecule has 0 heterocycles. The average molecular weight is 212 g/mol. The molecule has 0 saturated heterocycles. The minimum absolute atomic E-state index is 0.583. The van der Waals surface area contributed by atoms with E-state index in [0.717, 1.165) is 31.2 Å². The fourth-order valence-electron chi connectivity index (χ4n) is 1.86. The van der Waals surface area contributed by atoms with Gasteiger partial charge in [0, 0.05) is 0 Å². The molecule has 1 aromatic rings. The summed E-state index contributed by atoms with van der Waals surface area (Å²) in [5.74, 6) is -0.916.